The van der Waals surface area contributed by atoms with E-state index in [4.69, 9.17) is 116 Å². The van der Waals surface area contributed by atoms with Crippen molar-refractivity contribution in [3.8, 4) is 0 Å². The molecule has 0 amide bonds. The van der Waals surface area contributed by atoms with E-state index in [1.807, 2.05) is 0 Å². The standard InChI is InChI=1S/C13H9Cl10O/c1-9(2,24)8-6(10(14,15)12(18,19)20)4-3-5-7(8)11(16,17)13(21,22)23/h3-5H,1-2H3. The van der Waals surface area contributed by atoms with Crippen molar-refractivity contribution in [2.75, 3.05) is 0 Å². The maximum atomic E-state index is 12.8. The molecule has 137 valence electrons. The summed E-state index contributed by atoms with van der Waals surface area (Å²) in [6, 6.07) is 4.26. The zero-order chi connectivity index (χ0) is 19.4. The zero-order valence-electron chi connectivity index (χ0n) is 11.9. The van der Waals surface area contributed by atoms with Crippen LogP contribution < -0.4 is 0 Å². The number of rotatable bonds is 3. The second-order valence-electron chi connectivity index (χ2n) is 5.38. The fourth-order valence-corrected chi connectivity index (χ4v) is 3.27. The molecule has 0 aliphatic carbocycles. The van der Waals surface area contributed by atoms with Crippen LogP contribution in [0.15, 0.2) is 18.2 Å². The van der Waals surface area contributed by atoms with E-state index >= 15 is 0 Å². The summed E-state index contributed by atoms with van der Waals surface area (Å²) in [6.07, 6.45) is 0. The molecule has 0 unspecified atom stereocenters. The molecule has 0 saturated carbocycles. The van der Waals surface area contributed by atoms with Gasteiger partial charge >= 0.3 is 0 Å². The average molecular weight is 536 g/mol. The van der Waals surface area contributed by atoms with Crippen LogP contribution in [0.25, 0.3) is 0 Å². The Bertz CT molecular complexity index is 562. The van der Waals surface area contributed by atoms with Crippen LogP contribution in [-0.4, -0.2) is 7.59 Å². The SMILES string of the molecule is CC(C)([O])c1c(C(Cl)(Cl)C(Cl)(Cl)Cl)cccc1C(Cl)(Cl)C(Cl)(Cl)Cl. The molecule has 0 heterocycles. The van der Waals surface area contributed by atoms with Crippen molar-refractivity contribution >= 4 is 116 Å². The van der Waals surface area contributed by atoms with Crippen LogP contribution in [0.3, 0.4) is 0 Å². The van der Waals surface area contributed by atoms with Crippen LogP contribution in [0.1, 0.15) is 30.5 Å². The predicted octanol–water partition coefficient (Wildman–Crippen LogP) is 8.35. The van der Waals surface area contributed by atoms with E-state index in [1.54, 1.807) is 0 Å². The van der Waals surface area contributed by atoms with Gasteiger partial charge in [0.2, 0.25) is 7.59 Å². The highest BCUT2D eigenvalue weighted by Crippen LogP contribution is 2.59. The fraction of sp³-hybridized carbons (Fsp3) is 0.538. The second kappa shape index (κ2) is 7.48. The highest BCUT2D eigenvalue weighted by atomic mass is 35.6. The van der Waals surface area contributed by atoms with Gasteiger partial charge in [-0.05, 0) is 30.5 Å². The summed E-state index contributed by atoms with van der Waals surface area (Å²) < 4.78 is -8.53. The van der Waals surface area contributed by atoms with Gasteiger partial charge in [-0.15, -0.1) is 0 Å². The number of benzene rings is 1. The van der Waals surface area contributed by atoms with Crippen LogP contribution in [0, 0.1) is 0 Å². The summed E-state index contributed by atoms with van der Waals surface area (Å²) in [5.41, 5.74) is -1.88. The smallest absolute Gasteiger partial charge is 0.225 e. The Morgan fingerprint density at radius 3 is 1.17 bits per heavy atom. The van der Waals surface area contributed by atoms with Gasteiger partial charge in [0, 0.05) is 0 Å². The molecule has 0 saturated heterocycles. The first-order valence-electron chi connectivity index (χ1n) is 6.09. The molecule has 0 atom stereocenters. The molecule has 1 radical (unpaired) electrons. The Hall–Kier alpha value is 2.08. The maximum Gasteiger partial charge on any atom is 0.227 e. The van der Waals surface area contributed by atoms with Crippen molar-refractivity contribution < 1.29 is 5.11 Å². The van der Waals surface area contributed by atoms with Gasteiger partial charge in [0.25, 0.3) is 0 Å². The van der Waals surface area contributed by atoms with Crippen molar-refractivity contribution in [1.29, 1.82) is 0 Å². The molecule has 0 fully saturated rings. The number of hydrogen-bond donors (Lipinski definition) is 0. The summed E-state index contributed by atoms with van der Waals surface area (Å²) >= 11 is 60.1. The summed E-state index contributed by atoms with van der Waals surface area (Å²) in [5.74, 6) is 0. The summed E-state index contributed by atoms with van der Waals surface area (Å²) in [6.45, 7) is 2.64. The van der Waals surface area contributed by atoms with Gasteiger partial charge in [0.15, 0.2) is 8.67 Å². The number of halogens is 10. The lowest BCUT2D eigenvalue weighted by atomic mass is 9.86. The molecule has 0 aliphatic rings. The second-order valence-corrected chi connectivity index (χ2v) is 12.6. The first-order chi connectivity index (χ1) is 10.3. The minimum Gasteiger partial charge on any atom is -0.225 e. The van der Waals surface area contributed by atoms with Crippen molar-refractivity contribution in [2.45, 2.75) is 35.7 Å². The maximum absolute atomic E-state index is 12.8. The molecule has 1 aromatic carbocycles. The molecule has 1 rings (SSSR count). The summed E-state index contributed by atoms with van der Waals surface area (Å²) in [4.78, 5) is 0. The van der Waals surface area contributed by atoms with Gasteiger partial charge in [-0.25, -0.2) is 5.11 Å². The van der Waals surface area contributed by atoms with Gasteiger partial charge in [0.05, 0.1) is 0 Å². The van der Waals surface area contributed by atoms with Gasteiger partial charge in [-0.1, -0.05) is 134 Å². The Balaban J connectivity index is 3.90. The van der Waals surface area contributed by atoms with E-state index in [0.717, 1.165) is 0 Å². The molecule has 0 spiro atoms. The third-order valence-corrected chi connectivity index (χ3v) is 7.87. The van der Waals surface area contributed by atoms with Crippen LogP contribution in [0.5, 0.6) is 0 Å². The molecule has 1 aromatic rings. The van der Waals surface area contributed by atoms with Crippen molar-refractivity contribution in [1.82, 2.24) is 0 Å². The molecule has 24 heavy (non-hydrogen) atoms. The van der Waals surface area contributed by atoms with Gasteiger partial charge in [0.1, 0.15) is 5.60 Å². The third kappa shape index (κ3) is 4.73. The minimum absolute atomic E-state index is 0.0109. The predicted molar refractivity (Wildman–Crippen MR) is 108 cm³/mol. The van der Waals surface area contributed by atoms with E-state index in [1.165, 1.54) is 32.0 Å². The Morgan fingerprint density at radius 2 is 0.958 bits per heavy atom. The molecule has 0 aromatic heterocycles. The quantitative estimate of drug-likeness (QED) is 0.347. The Morgan fingerprint density at radius 1 is 0.667 bits per heavy atom. The third-order valence-electron chi connectivity index (χ3n) is 3.06. The summed E-state index contributed by atoms with van der Waals surface area (Å²) in [7, 11) is 0. The van der Waals surface area contributed by atoms with Gasteiger partial charge < -0.3 is 0 Å². The summed E-state index contributed by atoms with van der Waals surface area (Å²) in [5, 5.41) is 12.8. The molecule has 0 bridgehead atoms. The van der Waals surface area contributed by atoms with Crippen LogP contribution in [0.2, 0.25) is 0 Å². The molecule has 11 heteroatoms. The Kier molecular flexibility index (Phi) is 7.52. The molecule has 0 aliphatic heterocycles. The van der Waals surface area contributed by atoms with Crippen molar-refractivity contribution in [2.24, 2.45) is 0 Å². The highest BCUT2D eigenvalue weighted by Gasteiger charge is 2.54. The monoisotopic (exact) mass is 531 g/mol. The van der Waals surface area contributed by atoms with Gasteiger partial charge in [-0.3, -0.25) is 0 Å². The minimum atomic E-state index is -2.17. The molecular formula is C13H9Cl10O. The first-order valence-corrected chi connectivity index (χ1v) is 9.87. The van der Waals surface area contributed by atoms with Crippen molar-refractivity contribution in [3.63, 3.8) is 0 Å². The number of alkyl halides is 10. The van der Waals surface area contributed by atoms with Crippen LogP contribution in [-0.2, 0) is 19.4 Å². The van der Waals surface area contributed by atoms with E-state index in [9.17, 15) is 5.11 Å². The fourth-order valence-electron chi connectivity index (χ4n) is 2.03. The van der Waals surface area contributed by atoms with E-state index < -0.39 is 21.9 Å². The lowest BCUT2D eigenvalue weighted by Crippen LogP contribution is -2.37. The lowest BCUT2D eigenvalue weighted by Gasteiger charge is -2.37. The van der Waals surface area contributed by atoms with Crippen LogP contribution >= 0.6 is 116 Å². The largest absolute Gasteiger partial charge is 0.227 e. The van der Waals surface area contributed by atoms with Gasteiger partial charge in [-0.2, -0.15) is 0 Å². The lowest BCUT2D eigenvalue weighted by molar-refractivity contribution is -0.00195. The molecular weight excluding hydrogens is 527 g/mol. The van der Waals surface area contributed by atoms with E-state index in [0.29, 0.717) is 0 Å². The first kappa shape index (κ1) is 24.1. The average Bonchev–Trinajstić information content (AvgIpc) is 2.34. The number of hydrogen-bond acceptors (Lipinski definition) is 0. The Labute approximate surface area is 190 Å². The zero-order valence-corrected chi connectivity index (χ0v) is 19.5. The van der Waals surface area contributed by atoms with E-state index in [-0.39, 0.29) is 16.7 Å². The molecule has 1 nitrogen and oxygen atoms in total. The van der Waals surface area contributed by atoms with Crippen LogP contribution in [0.4, 0.5) is 0 Å². The van der Waals surface area contributed by atoms with Crippen molar-refractivity contribution in [3.05, 3.63) is 34.9 Å². The molecule has 0 N–H and O–H groups in total. The highest BCUT2D eigenvalue weighted by molar-refractivity contribution is 6.76. The normalized spacial score (nSPS) is 14.9. The van der Waals surface area contributed by atoms with E-state index in [2.05, 4.69) is 0 Å². The topological polar surface area (TPSA) is 19.9 Å².